The highest BCUT2D eigenvalue weighted by atomic mass is 16.1. The normalized spacial score (nSPS) is 15.5. The molecule has 142 valence electrons. The number of benzene rings is 2. The summed E-state index contributed by atoms with van der Waals surface area (Å²) in [5, 5.41) is 9.37. The Morgan fingerprint density at radius 3 is 2.78 bits per heavy atom. The van der Waals surface area contributed by atoms with Crippen LogP contribution in [0.1, 0.15) is 39.9 Å². The number of carbonyl (C=O) groups is 1. The first-order valence-corrected chi connectivity index (χ1v) is 9.62. The van der Waals surface area contributed by atoms with E-state index in [0.29, 0.717) is 11.5 Å². The standard InChI is InChI=1S/C22H28N4O/c1-3-24-22(26-15-19-14-17-8-4-5-10-20(17)19)25-12-11-16-7-6-9-18(13-16)21(27)23-2/h4-10,13,19H,3,11-12,14-15H2,1-2H3,(H,23,27)(H2,24,25,26). The molecule has 0 saturated heterocycles. The Hall–Kier alpha value is -2.82. The molecule has 1 amide bonds. The minimum atomic E-state index is -0.0551. The van der Waals surface area contributed by atoms with Crippen LogP contribution in [0.3, 0.4) is 0 Å². The molecule has 5 heteroatoms. The number of hydrogen-bond acceptors (Lipinski definition) is 2. The van der Waals surface area contributed by atoms with Crippen molar-refractivity contribution in [2.24, 2.45) is 4.99 Å². The van der Waals surface area contributed by atoms with Crippen molar-refractivity contribution in [1.29, 1.82) is 0 Å². The molecule has 5 nitrogen and oxygen atoms in total. The van der Waals surface area contributed by atoms with Gasteiger partial charge in [-0.3, -0.25) is 9.79 Å². The molecule has 27 heavy (non-hydrogen) atoms. The Morgan fingerprint density at radius 1 is 1.15 bits per heavy atom. The van der Waals surface area contributed by atoms with Crippen molar-refractivity contribution < 1.29 is 4.79 Å². The molecule has 1 unspecified atom stereocenters. The van der Waals surface area contributed by atoms with E-state index in [0.717, 1.165) is 44.0 Å². The van der Waals surface area contributed by atoms with E-state index in [2.05, 4.69) is 47.1 Å². The predicted octanol–water partition coefficient (Wildman–Crippen LogP) is 2.48. The minimum absolute atomic E-state index is 0.0551. The monoisotopic (exact) mass is 364 g/mol. The Kier molecular flexibility index (Phi) is 6.47. The summed E-state index contributed by atoms with van der Waals surface area (Å²) < 4.78 is 0. The fourth-order valence-electron chi connectivity index (χ4n) is 3.41. The highest BCUT2D eigenvalue weighted by molar-refractivity contribution is 5.94. The molecule has 0 heterocycles. The van der Waals surface area contributed by atoms with Crippen LogP contribution in [0.5, 0.6) is 0 Å². The van der Waals surface area contributed by atoms with Crippen LogP contribution < -0.4 is 16.0 Å². The van der Waals surface area contributed by atoms with Crippen LogP contribution in [0.4, 0.5) is 0 Å². The van der Waals surface area contributed by atoms with Gasteiger partial charge in [0.25, 0.3) is 5.91 Å². The molecular formula is C22H28N4O. The quantitative estimate of drug-likeness (QED) is 0.522. The van der Waals surface area contributed by atoms with Gasteiger partial charge in [0.05, 0.1) is 0 Å². The first-order chi connectivity index (χ1) is 13.2. The van der Waals surface area contributed by atoms with Crippen molar-refractivity contribution in [3.8, 4) is 0 Å². The fourth-order valence-corrected chi connectivity index (χ4v) is 3.41. The van der Waals surface area contributed by atoms with Crippen LogP contribution in [0.25, 0.3) is 0 Å². The molecule has 3 N–H and O–H groups in total. The lowest BCUT2D eigenvalue weighted by atomic mass is 9.78. The van der Waals surface area contributed by atoms with Crippen LogP contribution >= 0.6 is 0 Å². The number of guanidine groups is 1. The van der Waals surface area contributed by atoms with E-state index >= 15 is 0 Å². The van der Waals surface area contributed by atoms with Crippen LogP contribution in [-0.2, 0) is 12.8 Å². The van der Waals surface area contributed by atoms with E-state index in [4.69, 9.17) is 4.99 Å². The van der Waals surface area contributed by atoms with Gasteiger partial charge >= 0.3 is 0 Å². The maximum atomic E-state index is 11.7. The van der Waals surface area contributed by atoms with Crippen molar-refractivity contribution in [3.63, 3.8) is 0 Å². The number of amides is 1. The second-order valence-electron chi connectivity index (χ2n) is 6.78. The van der Waals surface area contributed by atoms with Crippen molar-refractivity contribution in [3.05, 3.63) is 70.8 Å². The van der Waals surface area contributed by atoms with Gasteiger partial charge in [-0.1, -0.05) is 36.4 Å². The van der Waals surface area contributed by atoms with Crippen LogP contribution in [0.15, 0.2) is 53.5 Å². The molecular weight excluding hydrogens is 336 g/mol. The Bertz CT molecular complexity index is 815. The van der Waals surface area contributed by atoms with Gasteiger partial charge in [0, 0.05) is 38.2 Å². The molecule has 0 spiro atoms. The molecule has 1 atom stereocenters. The van der Waals surface area contributed by atoms with Gasteiger partial charge < -0.3 is 16.0 Å². The number of aliphatic imine (C=N–C) groups is 1. The van der Waals surface area contributed by atoms with E-state index in [1.807, 2.05) is 24.3 Å². The lowest BCUT2D eigenvalue weighted by molar-refractivity contribution is 0.0963. The molecule has 0 saturated carbocycles. The Labute approximate surface area is 161 Å². The molecule has 3 rings (SSSR count). The first kappa shape index (κ1) is 19.0. The van der Waals surface area contributed by atoms with E-state index < -0.39 is 0 Å². The van der Waals surface area contributed by atoms with Gasteiger partial charge in [-0.05, 0) is 48.6 Å². The zero-order chi connectivity index (χ0) is 19.1. The van der Waals surface area contributed by atoms with Crippen LogP contribution in [0.2, 0.25) is 0 Å². The van der Waals surface area contributed by atoms with Crippen LogP contribution in [-0.4, -0.2) is 38.5 Å². The van der Waals surface area contributed by atoms with Gasteiger partial charge in [-0.2, -0.15) is 0 Å². The third kappa shape index (κ3) is 4.88. The van der Waals surface area contributed by atoms with Gasteiger partial charge in [-0.15, -0.1) is 0 Å². The summed E-state index contributed by atoms with van der Waals surface area (Å²) in [4.78, 5) is 16.5. The van der Waals surface area contributed by atoms with E-state index in [1.165, 1.54) is 11.1 Å². The predicted molar refractivity (Wildman–Crippen MR) is 110 cm³/mol. The zero-order valence-corrected chi connectivity index (χ0v) is 16.1. The van der Waals surface area contributed by atoms with Crippen molar-refractivity contribution in [2.45, 2.75) is 25.7 Å². The fraction of sp³-hybridized carbons (Fsp3) is 0.364. The van der Waals surface area contributed by atoms with Gasteiger partial charge in [0.1, 0.15) is 0 Å². The Balaban J connectivity index is 1.52. The SMILES string of the molecule is CCNC(=NCC1Cc2ccccc21)NCCc1cccc(C(=O)NC)c1. The molecule has 0 fully saturated rings. The lowest BCUT2D eigenvalue weighted by Crippen LogP contribution is -2.39. The molecule has 0 radical (unpaired) electrons. The third-order valence-corrected chi connectivity index (χ3v) is 4.90. The summed E-state index contributed by atoms with van der Waals surface area (Å²) in [7, 11) is 1.65. The van der Waals surface area contributed by atoms with Gasteiger partial charge in [0.15, 0.2) is 5.96 Å². The number of nitrogens with zero attached hydrogens (tertiary/aromatic N) is 1. The number of rotatable bonds is 7. The summed E-state index contributed by atoms with van der Waals surface area (Å²) >= 11 is 0. The molecule has 1 aliphatic rings. The molecule has 2 aromatic rings. The number of nitrogens with one attached hydrogen (secondary N) is 3. The average molecular weight is 364 g/mol. The van der Waals surface area contributed by atoms with E-state index in [9.17, 15) is 4.79 Å². The second-order valence-corrected chi connectivity index (χ2v) is 6.78. The third-order valence-electron chi connectivity index (χ3n) is 4.90. The maximum Gasteiger partial charge on any atom is 0.251 e. The molecule has 2 aromatic carbocycles. The molecule has 1 aliphatic carbocycles. The van der Waals surface area contributed by atoms with Gasteiger partial charge in [0.2, 0.25) is 0 Å². The summed E-state index contributed by atoms with van der Waals surface area (Å²) in [6.07, 6.45) is 1.95. The van der Waals surface area contributed by atoms with Gasteiger partial charge in [-0.25, -0.2) is 0 Å². The smallest absolute Gasteiger partial charge is 0.251 e. The maximum absolute atomic E-state index is 11.7. The Morgan fingerprint density at radius 2 is 2.00 bits per heavy atom. The topological polar surface area (TPSA) is 65.5 Å². The molecule has 0 aromatic heterocycles. The lowest BCUT2D eigenvalue weighted by Gasteiger charge is -2.28. The average Bonchev–Trinajstić information content (AvgIpc) is 2.68. The highest BCUT2D eigenvalue weighted by Gasteiger charge is 2.24. The summed E-state index contributed by atoms with van der Waals surface area (Å²) in [5.41, 5.74) is 4.71. The molecule has 0 bridgehead atoms. The van der Waals surface area contributed by atoms with Crippen LogP contribution in [0, 0.1) is 0 Å². The molecule has 0 aliphatic heterocycles. The summed E-state index contributed by atoms with van der Waals surface area (Å²) in [6.45, 7) is 4.48. The number of hydrogen-bond donors (Lipinski definition) is 3. The first-order valence-electron chi connectivity index (χ1n) is 9.62. The van der Waals surface area contributed by atoms with Crippen molar-refractivity contribution in [1.82, 2.24) is 16.0 Å². The number of fused-ring (bicyclic) bond motifs is 1. The zero-order valence-electron chi connectivity index (χ0n) is 16.1. The van der Waals surface area contributed by atoms with E-state index in [1.54, 1.807) is 7.05 Å². The van der Waals surface area contributed by atoms with Crippen molar-refractivity contribution >= 4 is 11.9 Å². The summed E-state index contributed by atoms with van der Waals surface area (Å²) in [5.74, 6) is 1.32. The largest absolute Gasteiger partial charge is 0.357 e. The highest BCUT2D eigenvalue weighted by Crippen LogP contribution is 2.34. The summed E-state index contributed by atoms with van der Waals surface area (Å²) in [6, 6.07) is 16.4. The minimum Gasteiger partial charge on any atom is -0.357 e. The number of carbonyl (C=O) groups excluding carboxylic acids is 1. The van der Waals surface area contributed by atoms with E-state index in [-0.39, 0.29) is 5.91 Å². The van der Waals surface area contributed by atoms with Crippen molar-refractivity contribution in [2.75, 3.05) is 26.7 Å². The second kappa shape index (κ2) is 9.21.